The zero-order valence-corrected chi connectivity index (χ0v) is 17.4. The molecule has 5 rings (SSSR count). The van der Waals surface area contributed by atoms with Gasteiger partial charge >= 0.3 is 0 Å². The Labute approximate surface area is 165 Å². The quantitative estimate of drug-likeness (QED) is 0.345. The van der Waals surface area contributed by atoms with Gasteiger partial charge in [0, 0.05) is 51.1 Å². The number of thiophene rings is 1. The highest BCUT2D eigenvalue weighted by Gasteiger charge is 2.44. The van der Waals surface area contributed by atoms with E-state index in [-0.39, 0.29) is 5.54 Å². The first-order valence-electron chi connectivity index (χ1n) is 10.0. The Morgan fingerprint density at radius 2 is 1.74 bits per heavy atom. The molecule has 136 valence electrons. The zero-order valence-electron chi connectivity index (χ0n) is 16.6. The summed E-state index contributed by atoms with van der Waals surface area (Å²) in [6.45, 7) is 9.18. The van der Waals surface area contributed by atoms with Gasteiger partial charge in [0.1, 0.15) is 0 Å². The fourth-order valence-corrected chi connectivity index (χ4v) is 6.16. The maximum absolute atomic E-state index is 2.61. The monoisotopic (exact) mass is 372 g/mol. The molecule has 0 amide bonds. The van der Waals surface area contributed by atoms with Gasteiger partial charge in [-0.2, -0.15) is 4.57 Å². The van der Waals surface area contributed by atoms with Crippen LogP contribution >= 0.6 is 11.3 Å². The average Bonchev–Trinajstić information content (AvgIpc) is 3.07. The van der Waals surface area contributed by atoms with Gasteiger partial charge in [0.05, 0.1) is 5.56 Å². The van der Waals surface area contributed by atoms with Gasteiger partial charge in [0.2, 0.25) is 5.69 Å². The number of benzene rings is 2. The number of hydrogen-bond donors (Lipinski definition) is 0. The predicted octanol–water partition coefficient (Wildman–Crippen LogP) is 6.70. The van der Waals surface area contributed by atoms with Crippen LogP contribution in [-0.4, -0.2) is 0 Å². The fraction of sp³-hybridized carbons (Fsp3) is 0.320. The summed E-state index contributed by atoms with van der Waals surface area (Å²) in [7, 11) is 0. The van der Waals surface area contributed by atoms with Crippen molar-refractivity contribution in [2.45, 2.75) is 52.5 Å². The molecular weight excluding hydrogens is 346 g/mol. The summed E-state index contributed by atoms with van der Waals surface area (Å²) in [5.74, 6) is 0. The molecule has 0 aliphatic carbocycles. The number of aryl methyl sites for hydroxylation is 2. The topological polar surface area (TPSA) is 3.88 Å². The number of rotatable bonds is 2. The number of nitrogens with zero attached hydrogens (tertiary/aromatic N) is 1. The first-order chi connectivity index (χ1) is 13.1. The molecule has 0 atom stereocenters. The van der Waals surface area contributed by atoms with Gasteiger partial charge in [-0.15, -0.1) is 11.3 Å². The first kappa shape index (κ1) is 16.9. The number of aromatic nitrogens is 1. The Morgan fingerprint density at radius 1 is 0.963 bits per heavy atom. The van der Waals surface area contributed by atoms with Gasteiger partial charge in [0.15, 0.2) is 11.7 Å². The average molecular weight is 373 g/mol. The molecule has 2 aromatic carbocycles. The molecule has 2 aromatic heterocycles. The molecule has 0 spiro atoms. The van der Waals surface area contributed by atoms with Crippen LogP contribution in [0.3, 0.4) is 0 Å². The summed E-state index contributed by atoms with van der Waals surface area (Å²) in [6.07, 6.45) is 5.85. The number of hydrogen-bond acceptors (Lipinski definition) is 1. The van der Waals surface area contributed by atoms with Crippen LogP contribution < -0.4 is 4.57 Å². The van der Waals surface area contributed by atoms with E-state index in [2.05, 4.69) is 80.9 Å². The summed E-state index contributed by atoms with van der Waals surface area (Å²) in [6, 6.07) is 16.0. The molecule has 0 N–H and O–H groups in total. The first-order valence-corrected chi connectivity index (χ1v) is 10.9. The van der Waals surface area contributed by atoms with Crippen LogP contribution in [0.2, 0.25) is 0 Å². The molecule has 2 heteroatoms. The summed E-state index contributed by atoms with van der Waals surface area (Å²) in [5, 5.41) is 2.79. The van der Waals surface area contributed by atoms with Gasteiger partial charge < -0.3 is 0 Å². The SMILES string of the molecule is CCC1(CC)Cc2ccc3c(sc4ccccc43)c2-c2cc(C)c(C)c[n+]21. The molecule has 27 heavy (non-hydrogen) atoms. The fourth-order valence-electron chi connectivity index (χ4n) is 4.88. The Kier molecular flexibility index (Phi) is 3.70. The van der Waals surface area contributed by atoms with Crippen molar-refractivity contribution in [3.05, 3.63) is 65.4 Å². The van der Waals surface area contributed by atoms with E-state index < -0.39 is 0 Å². The summed E-state index contributed by atoms with van der Waals surface area (Å²) < 4.78 is 5.45. The van der Waals surface area contributed by atoms with Crippen molar-refractivity contribution in [3.8, 4) is 11.3 Å². The van der Waals surface area contributed by atoms with Crippen LogP contribution in [-0.2, 0) is 12.0 Å². The van der Waals surface area contributed by atoms with Crippen molar-refractivity contribution in [3.63, 3.8) is 0 Å². The second kappa shape index (κ2) is 5.90. The normalized spacial score (nSPS) is 15.1. The highest BCUT2D eigenvalue weighted by atomic mass is 32.1. The summed E-state index contributed by atoms with van der Waals surface area (Å²) in [4.78, 5) is 0. The Balaban J connectivity index is 1.93. The van der Waals surface area contributed by atoms with E-state index in [4.69, 9.17) is 0 Å². The van der Waals surface area contributed by atoms with Crippen molar-refractivity contribution in [1.29, 1.82) is 0 Å². The highest BCUT2D eigenvalue weighted by molar-refractivity contribution is 7.26. The van der Waals surface area contributed by atoms with Gasteiger partial charge in [-0.3, -0.25) is 0 Å². The van der Waals surface area contributed by atoms with E-state index >= 15 is 0 Å². The maximum Gasteiger partial charge on any atom is 0.214 e. The third-order valence-electron chi connectivity index (χ3n) is 6.79. The van der Waals surface area contributed by atoms with Crippen LogP contribution in [0.5, 0.6) is 0 Å². The molecule has 1 nitrogen and oxygen atoms in total. The molecule has 4 aromatic rings. The third-order valence-corrected chi connectivity index (χ3v) is 8.00. The Morgan fingerprint density at radius 3 is 2.52 bits per heavy atom. The van der Waals surface area contributed by atoms with Gasteiger partial charge in [-0.25, -0.2) is 0 Å². The molecule has 3 heterocycles. The molecular formula is C25H26NS+. The molecule has 0 radical (unpaired) electrons. The number of pyridine rings is 1. The standard InChI is InChI=1S/C25H26NS/c1-5-25(6-2)14-18-11-12-20-19-9-7-8-10-22(19)27-24(20)23(18)21-13-16(3)17(4)15-26(21)25/h7-13,15H,5-6,14H2,1-4H3/q+1. The third kappa shape index (κ3) is 2.26. The lowest BCUT2D eigenvalue weighted by Crippen LogP contribution is -2.60. The second-order valence-electron chi connectivity index (χ2n) is 8.08. The molecule has 0 saturated heterocycles. The van der Waals surface area contributed by atoms with Crippen molar-refractivity contribution in [1.82, 2.24) is 0 Å². The van der Waals surface area contributed by atoms with E-state index in [1.807, 2.05) is 11.3 Å². The van der Waals surface area contributed by atoms with Crippen LogP contribution in [0.25, 0.3) is 31.4 Å². The molecule has 0 bridgehead atoms. The molecule has 1 aliphatic rings. The second-order valence-corrected chi connectivity index (χ2v) is 9.13. The van der Waals surface area contributed by atoms with Crippen LogP contribution in [0.15, 0.2) is 48.7 Å². The lowest BCUT2D eigenvalue weighted by Gasteiger charge is -2.33. The number of fused-ring (bicyclic) bond motifs is 7. The Hall–Kier alpha value is -2.19. The van der Waals surface area contributed by atoms with Crippen LogP contribution in [0.4, 0.5) is 0 Å². The van der Waals surface area contributed by atoms with Gasteiger partial charge in [-0.1, -0.05) is 44.2 Å². The molecule has 1 aliphatic heterocycles. The Bertz CT molecular complexity index is 1190. The van der Waals surface area contributed by atoms with Crippen LogP contribution in [0.1, 0.15) is 43.4 Å². The van der Waals surface area contributed by atoms with E-state index in [9.17, 15) is 0 Å². The van der Waals surface area contributed by atoms with Crippen molar-refractivity contribution < 1.29 is 4.57 Å². The van der Waals surface area contributed by atoms with Crippen molar-refractivity contribution >= 4 is 31.5 Å². The minimum absolute atomic E-state index is 0.186. The predicted molar refractivity (Wildman–Crippen MR) is 117 cm³/mol. The smallest absolute Gasteiger partial charge is 0.192 e. The largest absolute Gasteiger partial charge is 0.214 e. The van der Waals surface area contributed by atoms with E-state index in [1.165, 1.54) is 48.1 Å². The molecule has 0 fully saturated rings. The van der Waals surface area contributed by atoms with Gasteiger partial charge in [-0.05, 0) is 31.0 Å². The lowest BCUT2D eigenvalue weighted by molar-refractivity contribution is -0.758. The minimum atomic E-state index is 0.186. The van der Waals surface area contributed by atoms with E-state index in [0.717, 1.165) is 19.3 Å². The maximum atomic E-state index is 2.61. The summed E-state index contributed by atoms with van der Waals surface area (Å²) in [5.41, 5.74) is 7.34. The lowest BCUT2D eigenvalue weighted by atomic mass is 9.78. The van der Waals surface area contributed by atoms with E-state index in [0.29, 0.717) is 0 Å². The zero-order chi connectivity index (χ0) is 18.8. The molecule has 0 unspecified atom stereocenters. The van der Waals surface area contributed by atoms with Crippen molar-refractivity contribution in [2.75, 3.05) is 0 Å². The van der Waals surface area contributed by atoms with E-state index in [1.54, 1.807) is 0 Å². The van der Waals surface area contributed by atoms with Crippen molar-refractivity contribution in [2.24, 2.45) is 0 Å². The summed E-state index contributed by atoms with van der Waals surface area (Å²) >= 11 is 1.95. The minimum Gasteiger partial charge on any atom is -0.192 e. The van der Waals surface area contributed by atoms with Gasteiger partial charge in [0.25, 0.3) is 0 Å². The highest BCUT2D eigenvalue weighted by Crippen LogP contribution is 2.45. The van der Waals surface area contributed by atoms with Crippen LogP contribution in [0, 0.1) is 13.8 Å². The molecule has 0 saturated carbocycles.